The predicted octanol–water partition coefficient (Wildman–Crippen LogP) is 3.42. The normalized spacial score (nSPS) is 16.6. The van der Waals surface area contributed by atoms with E-state index < -0.39 is 0 Å². The number of hydrogen-bond acceptors (Lipinski definition) is 3. The van der Waals surface area contributed by atoms with Crippen molar-refractivity contribution in [3.63, 3.8) is 0 Å². The van der Waals surface area contributed by atoms with E-state index in [2.05, 4.69) is 46.7 Å². The highest BCUT2D eigenvalue weighted by Crippen LogP contribution is 2.25. The van der Waals surface area contributed by atoms with Crippen molar-refractivity contribution in [1.82, 2.24) is 4.90 Å². The number of amides is 2. The topological polar surface area (TPSA) is 61.4 Å². The van der Waals surface area contributed by atoms with Crippen LogP contribution in [0.15, 0.2) is 48.5 Å². The fourth-order valence-electron chi connectivity index (χ4n) is 3.49. The van der Waals surface area contributed by atoms with Gasteiger partial charge in [0.2, 0.25) is 11.8 Å². The van der Waals surface area contributed by atoms with E-state index in [0.717, 1.165) is 19.4 Å². The molecule has 136 valence electrons. The molecule has 2 aromatic carbocycles. The molecule has 1 atom stereocenters. The van der Waals surface area contributed by atoms with Crippen LogP contribution in [0.2, 0.25) is 0 Å². The molecular formula is C21H25N3O2. The summed E-state index contributed by atoms with van der Waals surface area (Å²) in [5, 5.41) is 5.67. The van der Waals surface area contributed by atoms with Crippen LogP contribution >= 0.6 is 0 Å². The molecule has 0 radical (unpaired) electrons. The van der Waals surface area contributed by atoms with Crippen LogP contribution in [-0.2, 0) is 22.6 Å². The smallest absolute Gasteiger partial charge is 0.238 e. The fourth-order valence-corrected chi connectivity index (χ4v) is 3.49. The van der Waals surface area contributed by atoms with Gasteiger partial charge in [-0.25, -0.2) is 0 Å². The minimum Gasteiger partial charge on any atom is -0.326 e. The summed E-state index contributed by atoms with van der Waals surface area (Å²) in [6.07, 6.45) is 2.00. The average molecular weight is 351 g/mol. The third-order valence-electron chi connectivity index (χ3n) is 4.75. The Morgan fingerprint density at radius 2 is 1.73 bits per heavy atom. The number of carbonyl (C=O) groups is 2. The van der Waals surface area contributed by atoms with E-state index in [1.54, 1.807) is 12.1 Å². The van der Waals surface area contributed by atoms with E-state index in [1.807, 2.05) is 12.1 Å². The van der Waals surface area contributed by atoms with Crippen LogP contribution in [0.3, 0.4) is 0 Å². The Labute approximate surface area is 154 Å². The van der Waals surface area contributed by atoms with Crippen molar-refractivity contribution >= 4 is 23.2 Å². The number of carbonyl (C=O) groups excluding carboxylic acids is 2. The molecule has 1 aliphatic heterocycles. The molecule has 0 saturated heterocycles. The highest BCUT2D eigenvalue weighted by Gasteiger charge is 2.26. The molecule has 26 heavy (non-hydrogen) atoms. The summed E-state index contributed by atoms with van der Waals surface area (Å²) in [6.45, 7) is 4.79. The van der Waals surface area contributed by atoms with Gasteiger partial charge in [0.1, 0.15) is 0 Å². The lowest BCUT2D eigenvalue weighted by molar-refractivity contribution is -0.118. The van der Waals surface area contributed by atoms with Gasteiger partial charge in [0, 0.05) is 30.9 Å². The second kappa shape index (κ2) is 8.15. The number of nitrogens with one attached hydrogen (secondary N) is 2. The van der Waals surface area contributed by atoms with E-state index in [4.69, 9.17) is 0 Å². The first-order chi connectivity index (χ1) is 12.5. The molecule has 0 bridgehead atoms. The van der Waals surface area contributed by atoms with E-state index in [1.165, 1.54) is 18.1 Å². The van der Waals surface area contributed by atoms with Gasteiger partial charge >= 0.3 is 0 Å². The van der Waals surface area contributed by atoms with Crippen LogP contribution in [0.25, 0.3) is 0 Å². The van der Waals surface area contributed by atoms with Crippen LogP contribution < -0.4 is 10.6 Å². The minimum absolute atomic E-state index is 0.0391. The molecule has 1 heterocycles. The van der Waals surface area contributed by atoms with Crippen LogP contribution in [0, 0.1) is 0 Å². The summed E-state index contributed by atoms with van der Waals surface area (Å²) in [5.74, 6) is -0.172. The molecule has 0 saturated carbocycles. The average Bonchev–Trinajstić information content (AvgIpc) is 2.60. The summed E-state index contributed by atoms with van der Waals surface area (Å²) in [6, 6.07) is 16.0. The third kappa shape index (κ3) is 4.49. The monoisotopic (exact) mass is 351 g/mol. The molecule has 5 heteroatoms. The van der Waals surface area contributed by atoms with E-state index in [0.29, 0.717) is 24.0 Å². The molecule has 2 aromatic rings. The molecule has 2 N–H and O–H groups in total. The van der Waals surface area contributed by atoms with Gasteiger partial charge in [0.05, 0.1) is 6.54 Å². The molecule has 5 nitrogen and oxygen atoms in total. The lowest BCUT2D eigenvalue weighted by Gasteiger charge is -2.36. The zero-order valence-corrected chi connectivity index (χ0v) is 15.3. The fraction of sp³-hybridized carbons (Fsp3) is 0.333. The summed E-state index contributed by atoms with van der Waals surface area (Å²) in [5.41, 5.74) is 4.05. The number of rotatable bonds is 5. The van der Waals surface area contributed by atoms with E-state index in [-0.39, 0.29) is 11.8 Å². The molecule has 1 aliphatic rings. The van der Waals surface area contributed by atoms with Crippen LogP contribution in [0.5, 0.6) is 0 Å². The lowest BCUT2D eigenvalue weighted by atomic mass is 9.92. The van der Waals surface area contributed by atoms with Crippen molar-refractivity contribution in [1.29, 1.82) is 0 Å². The molecule has 0 aliphatic carbocycles. The molecule has 2 amide bonds. The van der Waals surface area contributed by atoms with Gasteiger partial charge in [0.25, 0.3) is 0 Å². The van der Waals surface area contributed by atoms with Crippen LogP contribution in [-0.4, -0.2) is 29.3 Å². The van der Waals surface area contributed by atoms with Gasteiger partial charge in [-0.1, -0.05) is 37.3 Å². The van der Waals surface area contributed by atoms with Crippen molar-refractivity contribution in [3.8, 4) is 0 Å². The van der Waals surface area contributed by atoms with Gasteiger partial charge in [-0.3, -0.25) is 14.5 Å². The number of fused-ring (bicyclic) bond motifs is 1. The highest BCUT2D eigenvalue weighted by molar-refractivity contribution is 5.94. The Morgan fingerprint density at radius 1 is 1.04 bits per heavy atom. The lowest BCUT2D eigenvalue weighted by Crippen LogP contribution is -2.44. The van der Waals surface area contributed by atoms with Crippen molar-refractivity contribution in [3.05, 3.63) is 59.7 Å². The van der Waals surface area contributed by atoms with E-state index >= 15 is 0 Å². The van der Waals surface area contributed by atoms with Gasteiger partial charge in [-0.05, 0) is 42.2 Å². The van der Waals surface area contributed by atoms with Crippen LogP contribution in [0.4, 0.5) is 11.4 Å². The Hall–Kier alpha value is -2.66. The number of nitrogens with zero attached hydrogens (tertiary/aromatic N) is 1. The quantitative estimate of drug-likeness (QED) is 0.868. The zero-order chi connectivity index (χ0) is 18.5. The molecule has 0 spiro atoms. The van der Waals surface area contributed by atoms with Crippen molar-refractivity contribution in [2.24, 2.45) is 0 Å². The van der Waals surface area contributed by atoms with Gasteiger partial charge < -0.3 is 10.6 Å². The molecule has 3 rings (SSSR count). The van der Waals surface area contributed by atoms with Crippen molar-refractivity contribution in [2.75, 3.05) is 17.2 Å². The van der Waals surface area contributed by atoms with Gasteiger partial charge in [0.15, 0.2) is 0 Å². The zero-order valence-electron chi connectivity index (χ0n) is 15.3. The molecule has 0 fully saturated rings. The summed E-state index contributed by atoms with van der Waals surface area (Å²) >= 11 is 0. The maximum absolute atomic E-state index is 12.5. The Kier molecular flexibility index (Phi) is 5.68. The largest absolute Gasteiger partial charge is 0.326 e. The standard InChI is InChI=1S/C21H25N3O2/c1-3-20-11-16-7-4-5-8-17(16)13-24(20)14-21(26)23-19-10-6-9-18(12-19)22-15(2)25/h4-10,12,20H,3,11,13-14H2,1-2H3,(H,22,25)(H,23,26). The second-order valence-corrected chi connectivity index (χ2v) is 6.75. The first kappa shape index (κ1) is 18.1. The summed E-state index contributed by atoms with van der Waals surface area (Å²) in [7, 11) is 0. The Morgan fingerprint density at radius 3 is 2.42 bits per heavy atom. The number of anilines is 2. The maximum atomic E-state index is 12.5. The first-order valence-electron chi connectivity index (χ1n) is 9.03. The maximum Gasteiger partial charge on any atom is 0.238 e. The minimum atomic E-state index is -0.133. The molecular weight excluding hydrogens is 326 g/mol. The highest BCUT2D eigenvalue weighted by atomic mass is 16.2. The first-order valence-corrected chi connectivity index (χ1v) is 9.03. The van der Waals surface area contributed by atoms with E-state index in [9.17, 15) is 9.59 Å². The third-order valence-corrected chi connectivity index (χ3v) is 4.75. The van der Waals surface area contributed by atoms with Crippen molar-refractivity contribution in [2.45, 2.75) is 39.3 Å². The number of benzene rings is 2. The Bertz CT molecular complexity index is 803. The number of hydrogen-bond donors (Lipinski definition) is 2. The summed E-state index contributed by atoms with van der Waals surface area (Å²) in [4.78, 5) is 26.0. The molecule has 1 unspecified atom stereocenters. The Balaban J connectivity index is 1.65. The van der Waals surface area contributed by atoms with Crippen LogP contribution in [0.1, 0.15) is 31.4 Å². The van der Waals surface area contributed by atoms with Crippen molar-refractivity contribution < 1.29 is 9.59 Å². The predicted molar refractivity (Wildman–Crippen MR) is 104 cm³/mol. The van der Waals surface area contributed by atoms with Gasteiger partial charge in [-0.15, -0.1) is 0 Å². The van der Waals surface area contributed by atoms with Gasteiger partial charge in [-0.2, -0.15) is 0 Å². The SMILES string of the molecule is CCC1Cc2ccccc2CN1CC(=O)Nc1cccc(NC(C)=O)c1. The molecule has 0 aromatic heterocycles. The summed E-state index contributed by atoms with van der Waals surface area (Å²) < 4.78 is 0. The second-order valence-electron chi connectivity index (χ2n) is 6.75.